The molecule has 6 aromatic rings. The summed E-state index contributed by atoms with van der Waals surface area (Å²) in [7, 11) is -5.89. The molecule has 26 heteroatoms. The van der Waals surface area contributed by atoms with Gasteiger partial charge in [0.25, 0.3) is 11.8 Å². The quantitative estimate of drug-likeness (QED) is 0.0387. The number of amides is 7. The number of thiophene rings is 1. The summed E-state index contributed by atoms with van der Waals surface area (Å²) in [4.78, 5) is 128. The second-order valence-corrected chi connectivity index (χ2v) is 28.8. The van der Waals surface area contributed by atoms with Crippen molar-refractivity contribution >= 4 is 81.7 Å². The fourth-order valence-corrected chi connectivity index (χ4v) is 13.6. The SMILES string of the molecule is Cc1ncsc1-c1ccc(C(C)NC(=O)[C@@H]2C[C@@H](O)CN2C(=O)C(NC(=O)CCNC(=O)COc2ccc3c(c2)CN(C(=O)C(NC(=O)c2cc4cc(C(F)(F)P(=O)(O)O)ccc4s2)C(C)(C)C)[C@H](C(=O)N2CCO[C@H](c4ccccc4)C2)C3)C(C)(C)C)cc1. The van der Waals surface area contributed by atoms with Crippen LogP contribution in [-0.2, 0) is 56.7 Å². The van der Waals surface area contributed by atoms with Crippen molar-refractivity contribution in [2.24, 2.45) is 10.8 Å². The van der Waals surface area contributed by atoms with Crippen LogP contribution in [-0.4, -0.2) is 146 Å². The minimum absolute atomic E-state index is 0.00873. The summed E-state index contributed by atoms with van der Waals surface area (Å²) in [6.07, 6.45) is -1.55. The number of aromatic nitrogens is 1. The molecule has 0 bridgehead atoms. The lowest BCUT2D eigenvalue weighted by Crippen LogP contribution is -2.61. The lowest BCUT2D eigenvalue weighted by Gasteiger charge is -2.43. The van der Waals surface area contributed by atoms with Crippen molar-refractivity contribution in [3.8, 4) is 16.2 Å². The van der Waals surface area contributed by atoms with Crippen molar-refractivity contribution < 1.29 is 71.3 Å². The zero-order chi connectivity index (χ0) is 65.2. The van der Waals surface area contributed by atoms with Crippen molar-refractivity contribution in [2.45, 2.75) is 129 Å². The lowest BCUT2D eigenvalue weighted by atomic mass is 9.84. The maximum atomic E-state index is 15.2. The average molecular weight is 1300 g/mol. The van der Waals surface area contributed by atoms with Gasteiger partial charge in [0, 0.05) is 55.7 Å². The number of hydrogen-bond donors (Lipinski definition) is 7. The summed E-state index contributed by atoms with van der Waals surface area (Å²) in [5, 5.41) is 22.2. The second kappa shape index (κ2) is 27.1. The Bertz CT molecular complexity index is 3720. The number of alkyl halides is 2. The average Bonchev–Trinajstić information content (AvgIpc) is 1.22. The fraction of sp³-hybridized carbons (Fsp3) is 0.438. The van der Waals surface area contributed by atoms with Gasteiger partial charge >= 0.3 is 13.3 Å². The summed E-state index contributed by atoms with van der Waals surface area (Å²) >= 11 is 2.47. The monoisotopic (exact) mass is 1300 g/mol. The van der Waals surface area contributed by atoms with Gasteiger partial charge in [0.2, 0.25) is 29.5 Å². The number of thiazole rings is 1. The highest BCUT2D eigenvalue weighted by molar-refractivity contribution is 7.52. The van der Waals surface area contributed by atoms with E-state index in [1.807, 2.05) is 68.4 Å². The number of fused-ring (bicyclic) bond motifs is 2. The summed E-state index contributed by atoms with van der Waals surface area (Å²) in [5.74, 6) is -3.53. The van der Waals surface area contributed by atoms with Gasteiger partial charge in [-0.15, -0.1) is 22.7 Å². The molecular weight excluding hydrogens is 1220 g/mol. The third-order valence-corrected chi connectivity index (χ3v) is 19.5. The van der Waals surface area contributed by atoms with E-state index in [-0.39, 0.29) is 80.5 Å². The van der Waals surface area contributed by atoms with Gasteiger partial charge in [-0.3, -0.25) is 38.1 Å². The summed E-state index contributed by atoms with van der Waals surface area (Å²) in [5.41, 5.74) is -0.488. The van der Waals surface area contributed by atoms with Crippen LogP contribution in [0.3, 0.4) is 0 Å². The van der Waals surface area contributed by atoms with Crippen molar-refractivity contribution in [1.82, 2.24) is 41.0 Å². The first-order valence-electron chi connectivity index (χ1n) is 29.5. The summed E-state index contributed by atoms with van der Waals surface area (Å²) in [6, 6.07) is 21.7. The van der Waals surface area contributed by atoms with Crippen LogP contribution in [0.25, 0.3) is 20.5 Å². The van der Waals surface area contributed by atoms with Crippen LogP contribution in [0.1, 0.15) is 117 Å². The number of β-amino-alcohol motifs (C(OH)–C–C–N with tert-alkyl or cyclic N) is 1. The third-order valence-electron chi connectivity index (χ3n) is 16.4. The van der Waals surface area contributed by atoms with E-state index < -0.39 is 114 Å². The van der Waals surface area contributed by atoms with Crippen LogP contribution >= 0.6 is 30.3 Å². The molecular formula is C64H75F2N8O13PS2. The molecule has 2 fully saturated rings. The van der Waals surface area contributed by atoms with Gasteiger partial charge in [0.15, 0.2) is 6.61 Å². The van der Waals surface area contributed by atoms with E-state index in [4.69, 9.17) is 9.47 Å². The number of carbonyl (C=O) groups is 7. The minimum atomic E-state index is -5.89. The number of halogens is 2. The highest BCUT2D eigenvalue weighted by Gasteiger charge is 2.51. The van der Waals surface area contributed by atoms with Gasteiger partial charge < -0.3 is 60.3 Å². The van der Waals surface area contributed by atoms with Crippen molar-refractivity contribution in [3.63, 3.8) is 0 Å². The molecule has 0 saturated carbocycles. The number of benzene rings is 4. The Balaban J connectivity index is 0.838. The van der Waals surface area contributed by atoms with E-state index in [9.17, 15) is 57.0 Å². The first kappa shape index (κ1) is 66.9. The molecule has 7 atom stereocenters. The zero-order valence-electron chi connectivity index (χ0n) is 51.2. The smallest absolute Gasteiger partial charge is 0.399 e. The van der Waals surface area contributed by atoms with Gasteiger partial charge in [0.1, 0.15) is 36.0 Å². The molecule has 21 nitrogen and oxygen atoms in total. The van der Waals surface area contributed by atoms with Gasteiger partial charge in [-0.05, 0) is 88.2 Å². The molecule has 3 aliphatic heterocycles. The molecule has 3 aliphatic rings. The number of rotatable bonds is 19. The van der Waals surface area contributed by atoms with Crippen LogP contribution in [0, 0.1) is 17.8 Å². The van der Waals surface area contributed by atoms with Crippen molar-refractivity contribution in [2.75, 3.05) is 39.4 Å². The Labute approximate surface area is 528 Å². The summed E-state index contributed by atoms with van der Waals surface area (Å²) < 4.78 is 53.5. The highest BCUT2D eigenvalue weighted by Crippen LogP contribution is 2.59. The molecule has 480 valence electrons. The van der Waals surface area contributed by atoms with Gasteiger partial charge in [-0.2, -0.15) is 8.78 Å². The molecule has 9 rings (SSSR count). The number of nitrogens with zero attached hydrogens (tertiary/aromatic N) is 4. The fourth-order valence-electron chi connectivity index (χ4n) is 11.3. The van der Waals surface area contributed by atoms with Crippen LogP contribution in [0.15, 0.2) is 103 Å². The molecule has 0 aliphatic carbocycles. The predicted molar refractivity (Wildman–Crippen MR) is 334 cm³/mol. The van der Waals surface area contributed by atoms with Crippen LogP contribution in [0.2, 0.25) is 0 Å². The zero-order valence-corrected chi connectivity index (χ0v) is 53.7. The molecule has 0 radical (unpaired) electrons. The second-order valence-electron chi connectivity index (χ2n) is 25.2. The van der Waals surface area contributed by atoms with E-state index in [2.05, 4.69) is 26.3 Å². The van der Waals surface area contributed by atoms with Crippen LogP contribution in [0.5, 0.6) is 5.75 Å². The standard InChI is InChI=1S/C64H75F2N8O13PS2/c1-36(38-14-16-40(17-15-38)54-37(2)68-35-89-54)69-57(78)47-30-45(75)32-74(47)60(81)55(62(3,4)5)70-52(76)22-23-67-53(77)34-87-46-20-18-41-28-48(59(80)72-24-25-86-49(33-72)39-12-10-9-11-13-39)73(31-43(41)27-46)61(82)56(63(6,7)8)71-58(79)51-29-42-26-44(19-21-50(42)90-51)64(65,66)88(83,84)85/h9-21,26-27,29,35-36,45,47-49,55-56,75H,22-25,28,30-34H2,1-8H3,(H,67,77)(H,69,78)(H,70,76)(H,71,79)(H2,83,84,85)/t36?,45-,47+,48+,49+,55?,56?/m1/s1. The molecule has 7 amide bonds. The molecule has 90 heavy (non-hydrogen) atoms. The Hall–Kier alpha value is -7.51. The number of likely N-dealkylation sites (tertiary alicyclic amines) is 1. The highest BCUT2D eigenvalue weighted by atomic mass is 32.1. The normalized spacial score (nSPS) is 19.1. The van der Waals surface area contributed by atoms with Crippen LogP contribution in [0.4, 0.5) is 8.78 Å². The van der Waals surface area contributed by atoms with E-state index in [1.54, 1.807) is 70.2 Å². The third kappa shape index (κ3) is 15.3. The Morgan fingerprint density at radius 2 is 1.50 bits per heavy atom. The number of aryl methyl sites for hydroxylation is 1. The van der Waals surface area contributed by atoms with Gasteiger partial charge in [-0.1, -0.05) is 108 Å². The van der Waals surface area contributed by atoms with Crippen molar-refractivity contribution in [3.05, 3.63) is 141 Å². The maximum absolute atomic E-state index is 15.2. The largest absolute Gasteiger partial charge is 0.484 e. The predicted octanol–water partition coefficient (Wildman–Crippen LogP) is 7.51. The Morgan fingerprint density at radius 3 is 2.17 bits per heavy atom. The number of nitrogens with one attached hydrogen (secondary N) is 4. The molecule has 2 aromatic heterocycles. The molecule has 5 heterocycles. The molecule has 3 unspecified atom stereocenters. The number of aliphatic hydroxyl groups excluding tert-OH is 1. The number of carbonyl (C=O) groups excluding carboxylic acids is 7. The van der Waals surface area contributed by atoms with Gasteiger partial charge in [0.05, 0.1) is 46.3 Å². The first-order valence-corrected chi connectivity index (χ1v) is 32.8. The lowest BCUT2D eigenvalue weighted by molar-refractivity contribution is -0.153. The summed E-state index contributed by atoms with van der Waals surface area (Å²) in [6.45, 7) is 14.1. The van der Waals surface area contributed by atoms with E-state index in [0.717, 1.165) is 56.3 Å². The molecule has 0 spiro atoms. The van der Waals surface area contributed by atoms with Crippen LogP contribution < -0.4 is 26.0 Å². The molecule has 7 N–H and O–H groups in total. The molecule has 4 aromatic carbocycles. The van der Waals surface area contributed by atoms with E-state index in [0.29, 0.717) is 10.3 Å². The number of morpholine rings is 1. The van der Waals surface area contributed by atoms with E-state index >= 15 is 4.79 Å². The first-order chi connectivity index (χ1) is 42.4. The van der Waals surface area contributed by atoms with E-state index in [1.165, 1.54) is 33.3 Å². The number of ether oxygens (including phenoxy) is 2. The number of hydrogen-bond acceptors (Lipinski definition) is 14. The molecule has 2 saturated heterocycles. The Morgan fingerprint density at radius 1 is 0.811 bits per heavy atom. The number of aliphatic hydroxyl groups is 1. The minimum Gasteiger partial charge on any atom is -0.484 e. The van der Waals surface area contributed by atoms with Crippen molar-refractivity contribution in [1.29, 1.82) is 0 Å². The topological polar surface area (TPSA) is 286 Å². The Kier molecular flexibility index (Phi) is 20.2. The maximum Gasteiger partial charge on any atom is 0.399 e. The van der Waals surface area contributed by atoms with Gasteiger partial charge in [-0.25, -0.2) is 4.98 Å².